The van der Waals surface area contributed by atoms with E-state index in [0.717, 1.165) is 11.8 Å². The Morgan fingerprint density at radius 3 is 2.63 bits per heavy atom. The van der Waals surface area contributed by atoms with Gasteiger partial charge in [0.1, 0.15) is 17.3 Å². The molecule has 1 heterocycles. The lowest BCUT2D eigenvalue weighted by atomic mass is 10.3. The molecule has 0 aliphatic rings. The molecule has 1 amide bonds. The number of benzene rings is 2. The van der Waals surface area contributed by atoms with Crippen LogP contribution in [0.3, 0.4) is 0 Å². The minimum Gasteiger partial charge on any atom is -0.508 e. The summed E-state index contributed by atoms with van der Waals surface area (Å²) in [6, 6.07) is 14.4. The van der Waals surface area contributed by atoms with Crippen molar-refractivity contribution < 1.29 is 18.3 Å². The zero-order valence-corrected chi connectivity index (χ0v) is 17.6. The maximum Gasteiger partial charge on any atom is 0.234 e. The van der Waals surface area contributed by atoms with Crippen molar-refractivity contribution in [2.24, 2.45) is 0 Å². The first kappa shape index (κ1) is 21.6. The van der Waals surface area contributed by atoms with E-state index in [1.807, 2.05) is 0 Å². The van der Waals surface area contributed by atoms with Crippen LogP contribution in [0.5, 0.6) is 5.75 Å². The normalized spacial score (nSPS) is 11.2. The van der Waals surface area contributed by atoms with Gasteiger partial charge >= 0.3 is 0 Å². The first-order chi connectivity index (χ1) is 14.4. The molecule has 156 valence electrons. The van der Waals surface area contributed by atoms with E-state index < -0.39 is 9.84 Å². The monoisotopic (exact) mass is 444 g/mol. The number of sulfone groups is 1. The summed E-state index contributed by atoms with van der Waals surface area (Å²) < 4.78 is 27.0. The molecule has 0 saturated heterocycles. The molecule has 2 aromatic carbocycles. The molecule has 3 rings (SSSR count). The summed E-state index contributed by atoms with van der Waals surface area (Å²) in [5.74, 6) is -0.244. The van der Waals surface area contributed by atoms with E-state index in [1.165, 1.54) is 24.3 Å². The number of carbonyl (C=O) groups excluding carboxylic acids is 1. The molecule has 10 heteroatoms. The van der Waals surface area contributed by atoms with Gasteiger partial charge in [0, 0.05) is 18.3 Å². The van der Waals surface area contributed by atoms with Gasteiger partial charge < -0.3 is 15.0 Å². The number of nitrogens with one attached hydrogen (secondary N) is 1. The number of phenolic OH excluding ortho intramolecular Hbond substituents is 1. The molecule has 0 radical (unpaired) electrons. The largest absolute Gasteiger partial charge is 0.508 e. The molecule has 3 aromatic rings. The summed E-state index contributed by atoms with van der Waals surface area (Å²) in [6.45, 7) is 4.00. The van der Waals surface area contributed by atoms with Gasteiger partial charge in [0.05, 0.1) is 10.6 Å². The molecule has 0 fully saturated rings. The third-order valence-corrected chi connectivity index (χ3v) is 6.58. The number of carbonyl (C=O) groups is 1. The second-order valence-electron chi connectivity index (χ2n) is 6.26. The minimum atomic E-state index is -3.59. The molecule has 1 aromatic heterocycles. The van der Waals surface area contributed by atoms with Crippen molar-refractivity contribution >= 4 is 33.2 Å². The summed E-state index contributed by atoms with van der Waals surface area (Å²) in [5, 5.41) is 20.6. The second-order valence-corrected chi connectivity index (χ2v) is 9.19. The highest BCUT2D eigenvalue weighted by molar-refractivity contribution is 7.99. The van der Waals surface area contributed by atoms with Gasteiger partial charge in [0.15, 0.2) is 15.0 Å². The molecule has 0 atom stereocenters. The van der Waals surface area contributed by atoms with Crippen LogP contribution in [0.2, 0.25) is 0 Å². The fourth-order valence-corrected chi connectivity index (χ4v) is 4.70. The quantitative estimate of drug-likeness (QED) is 0.385. The van der Waals surface area contributed by atoms with Crippen LogP contribution in [-0.2, 0) is 26.9 Å². The Labute approximate surface area is 178 Å². The molecule has 0 unspecified atom stereocenters. The van der Waals surface area contributed by atoms with Crippen molar-refractivity contribution in [3.63, 3.8) is 0 Å². The number of phenols is 1. The summed E-state index contributed by atoms with van der Waals surface area (Å²) >= 11 is 1.13. The molecular weight excluding hydrogens is 424 g/mol. The number of thioether (sulfide) groups is 1. The topological polar surface area (TPSA) is 114 Å². The number of hydrogen-bond acceptors (Lipinski definition) is 7. The van der Waals surface area contributed by atoms with E-state index in [2.05, 4.69) is 22.1 Å². The van der Waals surface area contributed by atoms with E-state index in [0.29, 0.717) is 17.4 Å². The highest BCUT2D eigenvalue weighted by atomic mass is 32.2. The van der Waals surface area contributed by atoms with E-state index in [4.69, 9.17) is 0 Å². The van der Waals surface area contributed by atoms with Crippen LogP contribution in [0.4, 0.5) is 5.69 Å². The zero-order chi connectivity index (χ0) is 21.6. The number of allylic oxidation sites excluding steroid dienone is 1. The standard InChI is InChI=1S/C20H20N4O4S2/c1-2-11-24-18(14-30(27,28)17-9-4-3-5-10-17)22-23-20(24)29-13-19(26)21-15-7-6-8-16(25)12-15/h2-10,12,25H,1,11,13-14H2,(H,21,26). The van der Waals surface area contributed by atoms with Crippen LogP contribution in [0.1, 0.15) is 5.82 Å². The first-order valence-corrected chi connectivity index (χ1v) is 11.6. The lowest BCUT2D eigenvalue weighted by Gasteiger charge is -2.09. The summed E-state index contributed by atoms with van der Waals surface area (Å²) in [6.07, 6.45) is 1.61. The Hall–Kier alpha value is -3.11. The van der Waals surface area contributed by atoms with Crippen molar-refractivity contribution in [3.8, 4) is 5.75 Å². The fourth-order valence-electron chi connectivity index (χ4n) is 2.64. The number of amides is 1. The molecule has 0 bridgehead atoms. The SMILES string of the molecule is C=CCn1c(CS(=O)(=O)c2ccccc2)nnc1SCC(=O)Nc1cccc(O)c1. The van der Waals surface area contributed by atoms with E-state index in [9.17, 15) is 18.3 Å². The van der Waals surface area contributed by atoms with Crippen LogP contribution >= 0.6 is 11.8 Å². The van der Waals surface area contributed by atoms with Crippen molar-refractivity contribution in [1.29, 1.82) is 0 Å². The van der Waals surface area contributed by atoms with E-state index in [1.54, 1.807) is 41.0 Å². The lowest BCUT2D eigenvalue weighted by Crippen LogP contribution is -2.15. The van der Waals surface area contributed by atoms with Gasteiger partial charge in [-0.1, -0.05) is 42.1 Å². The molecule has 2 N–H and O–H groups in total. The van der Waals surface area contributed by atoms with E-state index in [-0.39, 0.29) is 33.9 Å². The summed E-state index contributed by atoms with van der Waals surface area (Å²) in [7, 11) is -3.59. The van der Waals surface area contributed by atoms with Gasteiger partial charge in [-0.3, -0.25) is 4.79 Å². The number of rotatable bonds is 9. The first-order valence-electron chi connectivity index (χ1n) is 8.91. The number of hydrogen-bond donors (Lipinski definition) is 2. The highest BCUT2D eigenvalue weighted by Gasteiger charge is 2.21. The minimum absolute atomic E-state index is 0.0381. The Morgan fingerprint density at radius 2 is 1.93 bits per heavy atom. The van der Waals surface area contributed by atoms with Gasteiger partial charge in [-0.05, 0) is 24.3 Å². The van der Waals surface area contributed by atoms with Crippen molar-refractivity contribution in [2.75, 3.05) is 11.1 Å². The van der Waals surface area contributed by atoms with Crippen molar-refractivity contribution in [2.45, 2.75) is 22.3 Å². The Kier molecular flexibility index (Phi) is 6.91. The third-order valence-electron chi connectivity index (χ3n) is 3.99. The molecule has 8 nitrogen and oxygen atoms in total. The molecule has 0 saturated carbocycles. The zero-order valence-electron chi connectivity index (χ0n) is 15.9. The van der Waals surface area contributed by atoms with Crippen LogP contribution < -0.4 is 5.32 Å². The predicted molar refractivity (Wildman–Crippen MR) is 115 cm³/mol. The third kappa shape index (κ3) is 5.49. The molecule has 0 spiro atoms. The van der Waals surface area contributed by atoms with Crippen LogP contribution in [-0.4, -0.2) is 39.9 Å². The average Bonchev–Trinajstić information content (AvgIpc) is 3.08. The Morgan fingerprint density at radius 1 is 1.17 bits per heavy atom. The van der Waals surface area contributed by atoms with Gasteiger partial charge in [-0.15, -0.1) is 16.8 Å². The van der Waals surface area contributed by atoms with Crippen molar-refractivity contribution in [3.05, 3.63) is 73.1 Å². The van der Waals surface area contributed by atoms with Gasteiger partial charge in [0.2, 0.25) is 5.91 Å². The van der Waals surface area contributed by atoms with Crippen LogP contribution in [0, 0.1) is 0 Å². The summed E-state index contributed by atoms with van der Waals surface area (Å²) in [4.78, 5) is 12.4. The molecule has 0 aliphatic carbocycles. The van der Waals surface area contributed by atoms with Crippen molar-refractivity contribution in [1.82, 2.24) is 14.8 Å². The number of aromatic hydroxyl groups is 1. The molecule has 0 aliphatic heterocycles. The van der Waals surface area contributed by atoms with E-state index >= 15 is 0 Å². The smallest absolute Gasteiger partial charge is 0.234 e. The predicted octanol–water partition coefficient (Wildman–Crippen LogP) is 2.87. The Bertz CT molecular complexity index is 1140. The number of nitrogens with zero attached hydrogens (tertiary/aromatic N) is 3. The van der Waals surface area contributed by atoms with Crippen LogP contribution in [0.25, 0.3) is 0 Å². The maximum atomic E-state index is 12.7. The molecular formula is C20H20N4O4S2. The second kappa shape index (κ2) is 9.59. The summed E-state index contributed by atoms with van der Waals surface area (Å²) in [5.41, 5.74) is 0.475. The highest BCUT2D eigenvalue weighted by Crippen LogP contribution is 2.22. The van der Waals surface area contributed by atoms with Gasteiger partial charge in [0.25, 0.3) is 0 Å². The number of aromatic nitrogens is 3. The average molecular weight is 445 g/mol. The fraction of sp³-hybridized carbons (Fsp3) is 0.150. The van der Waals surface area contributed by atoms with Gasteiger partial charge in [-0.25, -0.2) is 8.42 Å². The lowest BCUT2D eigenvalue weighted by molar-refractivity contribution is -0.113. The maximum absolute atomic E-state index is 12.7. The van der Waals surface area contributed by atoms with Crippen LogP contribution in [0.15, 0.2) is 77.3 Å². The number of anilines is 1. The van der Waals surface area contributed by atoms with Gasteiger partial charge in [-0.2, -0.15) is 0 Å². The molecule has 30 heavy (non-hydrogen) atoms. The Balaban J connectivity index is 1.71.